The first kappa shape index (κ1) is 11.9. The summed E-state index contributed by atoms with van der Waals surface area (Å²) in [6, 6.07) is 14.0. The zero-order valence-corrected chi connectivity index (χ0v) is 11.1. The summed E-state index contributed by atoms with van der Waals surface area (Å²) in [6.45, 7) is 1.92. The van der Waals surface area contributed by atoms with Gasteiger partial charge in [-0.25, -0.2) is 0 Å². The van der Waals surface area contributed by atoms with Gasteiger partial charge in [0.15, 0.2) is 0 Å². The second kappa shape index (κ2) is 4.20. The SMILES string of the molecule is Cc1ccc(S(=O)(=O)n2ncc3ccccc32)cc1. The highest BCUT2D eigenvalue weighted by Gasteiger charge is 2.19. The second-order valence-corrected chi connectivity index (χ2v) is 6.13. The third kappa shape index (κ3) is 1.92. The van der Waals surface area contributed by atoms with Crippen LogP contribution in [0.25, 0.3) is 10.9 Å². The summed E-state index contributed by atoms with van der Waals surface area (Å²) >= 11 is 0. The van der Waals surface area contributed by atoms with Crippen molar-refractivity contribution in [3.63, 3.8) is 0 Å². The lowest BCUT2D eigenvalue weighted by Crippen LogP contribution is -2.14. The smallest absolute Gasteiger partial charge is 0.199 e. The Morgan fingerprint density at radius 3 is 2.42 bits per heavy atom. The minimum Gasteiger partial charge on any atom is -0.199 e. The molecule has 3 aromatic rings. The highest BCUT2D eigenvalue weighted by Crippen LogP contribution is 2.20. The minimum absolute atomic E-state index is 0.243. The first-order chi connectivity index (χ1) is 9.09. The molecule has 0 atom stereocenters. The molecule has 0 radical (unpaired) electrons. The van der Waals surface area contributed by atoms with Gasteiger partial charge in [0, 0.05) is 5.39 Å². The predicted octanol–water partition coefficient (Wildman–Crippen LogP) is 2.58. The maximum Gasteiger partial charge on any atom is 0.283 e. The number of rotatable bonds is 2. The standard InChI is InChI=1S/C14H12N2O2S/c1-11-6-8-13(9-7-11)19(17,18)16-14-5-3-2-4-12(14)10-15-16/h2-10H,1H3. The van der Waals surface area contributed by atoms with E-state index < -0.39 is 10.0 Å². The van der Waals surface area contributed by atoms with Gasteiger partial charge in [0.05, 0.1) is 16.6 Å². The fraction of sp³-hybridized carbons (Fsp3) is 0.0714. The van der Waals surface area contributed by atoms with Gasteiger partial charge in [0.2, 0.25) is 0 Å². The van der Waals surface area contributed by atoms with Crippen molar-refractivity contribution >= 4 is 20.9 Å². The van der Waals surface area contributed by atoms with E-state index in [0.717, 1.165) is 15.0 Å². The predicted molar refractivity (Wildman–Crippen MR) is 73.5 cm³/mol. The fourth-order valence-electron chi connectivity index (χ4n) is 1.95. The molecule has 0 unspecified atom stereocenters. The third-order valence-electron chi connectivity index (χ3n) is 2.99. The van der Waals surface area contributed by atoms with Crippen molar-refractivity contribution in [2.45, 2.75) is 11.8 Å². The number of fused-ring (bicyclic) bond motifs is 1. The first-order valence-electron chi connectivity index (χ1n) is 5.84. The normalized spacial score (nSPS) is 11.8. The van der Waals surface area contributed by atoms with Crippen LogP contribution in [0.5, 0.6) is 0 Å². The topological polar surface area (TPSA) is 52.0 Å². The molecule has 0 bridgehead atoms. The maximum absolute atomic E-state index is 12.5. The molecule has 0 saturated heterocycles. The lowest BCUT2D eigenvalue weighted by Gasteiger charge is -2.06. The molecule has 5 heteroatoms. The van der Waals surface area contributed by atoms with E-state index in [4.69, 9.17) is 0 Å². The van der Waals surface area contributed by atoms with Gasteiger partial charge in [0.25, 0.3) is 10.0 Å². The van der Waals surface area contributed by atoms with Crippen molar-refractivity contribution in [3.05, 3.63) is 60.3 Å². The van der Waals surface area contributed by atoms with Gasteiger partial charge in [0.1, 0.15) is 0 Å². The van der Waals surface area contributed by atoms with Crippen LogP contribution in [0, 0.1) is 6.92 Å². The van der Waals surface area contributed by atoms with Gasteiger partial charge in [-0.3, -0.25) is 0 Å². The van der Waals surface area contributed by atoms with E-state index in [9.17, 15) is 8.42 Å². The zero-order chi connectivity index (χ0) is 13.5. The molecule has 0 fully saturated rings. The summed E-state index contributed by atoms with van der Waals surface area (Å²) in [6.07, 6.45) is 1.56. The van der Waals surface area contributed by atoms with Crippen molar-refractivity contribution < 1.29 is 8.42 Å². The van der Waals surface area contributed by atoms with E-state index in [0.29, 0.717) is 5.52 Å². The molecule has 2 aromatic carbocycles. The highest BCUT2D eigenvalue weighted by molar-refractivity contribution is 7.90. The monoisotopic (exact) mass is 272 g/mol. The van der Waals surface area contributed by atoms with E-state index in [1.54, 1.807) is 42.6 Å². The second-order valence-electron chi connectivity index (χ2n) is 4.36. The molecule has 1 heterocycles. The van der Waals surface area contributed by atoms with Gasteiger partial charge < -0.3 is 0 Å². The zero-order valence-electron chi connectivity index (χ0n) is 10.3. The Morgan fingerprint density at radius 2 is 1.68 bits per heavy atom. The fourth-order valence-corrected chi connectivity index (χ4v) is 3.23. The van der Waals surface area contributed by atoms with Crippen LogP contribution in [-0.4, -0.2) is 17.6 Å². The summed E-state index contributed by atoms with van der Waals surface area (Å²) in [5.41, 5.74) is 1.60. The Labute approximate surface area is 111 Å². The molecule has 0 aliphatic heterocycles. The van der Waals surface area contributed by atoms with Gasteiger partial charge in [-0.1, -0.05) is 35.9 Å². The van der Waals surface area contributed by atoms with Crippen molar-refractivity contribution in [1.29, 1.82) is 0 Å². The Morgan fingerprint density at radius 1 is 1.00 bits per heavy atom. The Kier molecular flexibility index (Phi) is 2.64. The van der Waals surface area contributed by atoms with Crippen molar-refractivity contribution in [1.82, 2.24) is 9.19 Å². The molecule has 19 heavy (non-hydrogen) atoms. The number of hydrogen-bond donors (Lipinski definition) is 0. The molecule has 96 valence electrons. The van der Waals surface area contributed by atoms with Gasteiger partial charge in [-0.2, -0.15) is 17.6 Å². The first-order valence-corrected chi connectivity index (χ1v) is 7.28. The van der Waals surface area contributed by atoms with Gasteiger partial charge >= 0.3 is 0 Å². The van der Waals surface area contributed by atoms with E-state index in [1.165, 1.54) is 0 Å². The van der Waals surface area contributed by atoms with Crippen LogP contribution in [0.3, 0.4) is 0 Å². The highest BCUT2D eigenvalue weighted by atomic mass is 32.2. The molecule has 3 rings (SSSR count). The molecule has 0 spiro atoms. The number of nitrogens with zero attached hydrogens (tertiary/aromatic N) is 2. The third-order valence-corrected chi connectivity index (χ3v) is 4.61. The average Bonchev–Trinajstić information content (AvgIpc) is 2.83. The van der Waals surface area contributed by atoms with Crippen LogP contribution in [-0.2, 0) is 10.0 Å². The van der Waals surface area contributed by atoms with E-state index in [1.807, 2.05) is 19.1 Å². The molecule has 0 saturated carbocycles. The molecule has 0 N–H and O–H groups in total. The Balaban J connectivity index is 2.22. The van der Waals surface area contributed by atoms with Gasteiger partial charge in [-0.15, -0.1) is 0 Å². The molecular weight excluding hydrogens is 260 g/mol. The van der Waals surface area contributed by atoms with Crippen LogP contribution in [0.15, 0.2) is 59.6 Å². The van der Waals surface area contributed by atoms with Crippen LogP contribution in [0.1, 0.15) is 5.56 Å². The molecule has 1 aromatic heterocycles. The summed E-state index contributed by atoms with van der Waals surface area (Å²) in [5.74, 6) is 0. The summed E-state index contributed by atoms with van der Waals surface area (Å²) in [5, 5.41) is 4.80. The Bertz CT molecular complexity index is 833. The van der Waals surface area contributed by atoms with Crippen molar-refractivity contribution in [3.8, 4) is 0 Å². The maximum atomic E-state index is 12.5. The van der Waals surface area contributed by atoms with Crippen molar-refractivity contribution in [2.75, 3.05) is 0 Å². The summed E-state index contributed by atoms with van der Waals surface area (Å²) in [7, 11) is -3.63. The van der Waals surface area contributed by atoms with Crippen LogP contribution >= 0.6 is 0 Å². The number of aryl methyl sites for hydroxylation is 1. The lowest BCUT2D eigenvalue weighted by molar-refractivity contribution is 0.582. The van der Waals surface area contributed by atoms with Crippen LogP contribution in [0.4, 0.5) is 0 Å². The number of para-hydroxylation sites is 1. The molecule has 0 amide bonds. The number of aromatic nitrogens is 2. The quantitative estimate of drug-likeness (QED) is 0.720. The molecular formula is C14H12N2O2S. The van der Waals surface area contributed by atoms with E-state index >= 15 is 0 Å². The van der Waals surface area contributed by atoms with Gasteiger partial charge in [-0.05, 0) is 25.1 Å². The molecule has 4 nitrogen and oxygen atoms in total. The van der Waals surface area contributed by atoms with Crippen molar-refractivity contribution in [2.24, 2.45) is 0 Å². The Hall–Kier alpha value is -2.14. The summed E-state index contributed by atoms with van der Waals surface area (Å²) < 4.78 is 26.1. The average molecular weight is 272 g/mol. The molecule has 0 aliphatic carbocycles. The number of hydrogen-bond acceptors (Lipinski definition) is 3. The van der Waals surface area contributed by atoms with Crippen LogP contribution in [0.2, 0.25) is 0 Å². The summed E-state index contributed by atoms with van der Waals surface area (Å²) in [4.78, 5) is 0.243. The van der Waals surface area contributed by atoms with E-state index in [-0.39, 0.29) is 4.90 Å². The minimum atomic E-state index is -3.63. The lowest BCUT2D eigenvalue weighted by atomic mass is 10.2. The number of benzene rings is 2. The van der Waals surface area contributed by atoms with E-state index in [2.05, 4.69) is 5.10 Å². The largest absolute Gasteiger partial charge is 0.283 e. The van der Waals surface area contributed by atoms with Crippen LogP contribution < -0.4 is 0 Å². The molecule has 0 aliphatic rings.